The maximum Gasteiger partial charge on any atom is 0.191 e. The minimum atomic E-state index is 0.142. The van der Waals surface area contributed by atoms with Gasteiger partial charge in [0, 0.05) is 37.3 Å². The van der Waals surface area contributed by atoms with Gasteiger partial charge in [0.15, 0.2) is 5.96 Å². The number of nitrogens with zero attached hydrogens (tertiary/aromatic N) is 2. The molecule has 0 aromatic carbocycles. The Balaban J connectivity index is 1.74. The largest absolute Gasteiger partial charge is 0.469 e. The molecule has 0 bridgehead atoms. The standard InChI is InChI=1S/C19H34N4O2S/c1-19(2,26-3)16-22-18(21-9-7-17-6-4-13-25-17)20-8-5-10-23-11-14-24-15-12-23/h4,6,13H,5,7-12,14-16H2,1-3H3,(H2,20,21,22). The van der Waals surface area contributed by atoms with Crippen LogP contribution in [0.5, 0.6) is 0 Å². The molecule has 1 aromatic rings. The van der Waals surface area contributed by atoms with Gasteiger partial charge in [0.25, 0.3) is 0 Å². The zero-order valence-electron chi connectivity index (χ0n) is 16.4. The first-order valence-electron chi connectivity index (χ1n) is 9.49. The van der Waals surface area contributed by atoms with Crippen molar-refractivity contribution >= 4 is 17.7 Å². The highest BCUT2D eigenvalue weighted by Gasteiger charge is 2.15. The lowest BCUT2D eigenvalue weighted by atomic mass is 10.2. The minimum absolute atomic E-state index is 0.142. The number of ether oxygens (including phenoxy) is 1. The predicted molar refractivity (Wildman–Crippen MR) is 110 cm³/mol. The van der Waals surface area contributed by atoms with E-state index in [2.05, 4.69) is 35.6 Å². The predicted octanol–water partition coefficient (Wildman–Crippen LogP) is 2.22. The van der Waals surface area contributed by atoms with Gasteiger partial charge >= 0.3 is 0 Å². The topological polar surface area (TPSA) is 62.0 Å². The highest BCUT2D eigenvalue weighted by Crippen LogP contribution is 2.20. The van der Waals surface area contributed by atoms with Crippen LogP contribution in [0.2, 0.25) is 0 Å². The first kappa shape index (κ1) is 21.1. The Morgan fingerprint density at radius 2 is 2.04 bits per heavy atom. The average Bonchev–Trinajstić information content (AvgIpc) is 3.17. The third kappa shape index (κ3) is 8.47. The normalized spacial score (nSPS) is 16.7. The number of guanidine groups is 1. The van der Waals surface area contributed by atoms with E-state index < -0.39 is 0 Å². The van der Waals surface area contributed by atoms with Gasteiger partial charge in [-0.2, -0.15) is 11.8 Å². The second-order valence-corrected chi connectivity index (χ2v) is 8.63. The lowest BCUT2D eigenvalue weighted by Crippen LogP contribution is -2.42. The highest BCUT2D eigenvalue weighted by molar-refractivity contribution is 7.99. The van der Waals surface area contributed by atoms with Gasteiger partial charge < -0.3 is 19.8 Å². The highest BCUT2D eigenvalue weighted by atomic mass is 32.2. The second kappa shape index (κ2) is 11.5. The molecule has 2 heterocycles. The number of hydrogen-bond acceptors (Lipinski definition) is 5. The van der Waals surface area contributed by atoms with Crippen LogP contribution in [0.25, 0.3) is 0 Å². The first-order chi connectivity index (χ1) is 12.6. The van der Waals surface area contributed by atoms with Gasteiger partial charge in [-0.1, -0.05) is 0 Å². The Morgan fingerprint density at radius 1 is 1.27 bits per heavy atom. The van der Waals surface area contributed by atoms with Gasteiger partial charge in [-0.25, -0.2) is 0 Å². The van der Waals surface area contributed by atoms with Gasteiger partial charge in [0.1, 0.15) is 5.76 Å². The van der Waals surface area contributed by atoms with Crippen LogP contribution in [0.4, 0.5) is 0 Å². The third-order valence-electron chi connectivity index (χ3n) is 4.46. The number of aliphatic imine (C=N–C) groups is 1. The molecule has 1 fully saturated rings. The van der Waals surface area contributed by atoms with Crippen molar-refractivity contribution in [3.05, 3.63) is 24.2 Å². The third-order valence-corrected chi connectivity index (χ3v) is 5.70. The number of thioether (sulfide) groups is 1. The average molecular weight is 383 g/mol. The van der Waals surface area contributed by atoms with E-state index in [0.717, 1.165) is 77.0 Å². The van der Waals surface area contributed by atoms with Crippen LogP contribution in [0, 0.1) is 0 Å². The number of nitrogens with one attached hydrogen (secondary N) is 2. The molecule has 2 rings (SSSR count). The zero-order chi connectivity index (χ0) is 18.7. The number of morpholine rings is 1. The number of rotatable bonds is 10. The molecule has 0 atom stereocenters. The lowest BCUT2D eigenvalue weighted by molar-refractivity contribution is 0.0376. The Bertz CT molecular complexity index is 514. The van der Waals surface area contributed by atoms with E-state index in [4.69, 9.17) is 14.1 Å². The lowest BCUT2D eigenvalue weighted by Gasteiger charge is -2.26. The van der Waals surface area contributed by atoms with Crippen LogP contribution in [0.15, 0.2) is 27.8 Å². The minimum Gasteiger partial charge on any atom is -0.469 e. The maximum atomic E-state index is 5.40. The number of furan rings is 1. The molecule has 6 nitrogen and oxygen atoms in total. The van der Waals surface area contributed by atoms with E-state index in [1.54, 1.807) is 6.26 Å². The van der Waals surface area contributed by atoms with Crippen LogP contribution >= 0.6 is 11.8 Å². The molecule has 0 saturated carbocycles. The van der Waals surface area contributed by atoms with E-state index in [1.165, 1.54) is 0 Å². The van der Waals surface area contributed by atoms with Crippen molar-refractivity contribution in [1.29, 1.82) is 0 Å². The Morgan fingerprint density at radius 3 is 2.73 bits per heavy atom. The van der Waals surface area contributed by atoms with E-state index >= 15 is 0 Å². The van der Waals surface area contributed by atoms with E-state index in [9.17, 15) is 0 Å². The van der Waals surface area contributed by atoms with Crippen molar-refractivity contribution in [2.24, 2.45) is 4.99 Å². The quantitative estimate of drug-likeness (QED) is 0.368. The molecule has 2 N–H and O–H groups in total. The summed E-state index contributed by atoms with van der Waals surface area (Å²) in [6.07, 6.45) is 5.81. The van der Waals surface area contributed by atoms with Gasteiger partial charge in [-0.05, 0) is 45.2 Å². The second-order valence-electron chi connectivity index (χ2n) is 7.12. The fourth-order valence-corrected chi connectivity index (χ4v) is 2.80. The maximum absolute atomic E-state index is 5.40. The molecule has 7 heteroatoms. The molecule has 0 aliphatic carbocycles. The van der Waals surface area contributed by atoms with Gasteiger partial charge in [0.2, 0.25) is 0 Å². The summed E-state index contributed by atoms with van der Waals surface area (Å²) in [5.41, 5.74) is 0. The van der Waals surface area contributed by atoms with E-state index in [0.29, 0.717) is 0 Å². The Labute approximate surface area is 162 Å². The molecule has 1 aliphatic heterocycles. The van der Waals surface area contributed by atoms with Crippen molar-refractivity contribution in [2.75, 3.05) is 58.7 Å². The van der Waals surface area contributed by atoms with Crippen LogP contribution in [-0.2, 0) is 11.2 Å². The fourth-order valence-electron chi connectivity index (χ4n) is 2.60. The van der Waals surface area contributed by atoms with E-state index in [-0.39, 0.29) is 4.75 Å². The zero-order valence-corrected chi connectivity index (χ0v) is 17.2. The van der Waals surface area contributed by atoms with Gasteiger partial charge in [-0.3, -0.25) is 9.89 Å². The molecule has 1 aliphatic rings. The van der Waals surface area contributed by atoms with Crippen molar-refractivity contribution in [3.8, 4) is 0 Å². The monoisotopic (exact) mass is 382 g/mol. The first-order valence-corrected chi connectivity index (χ1v) is 10.7. The Hall–Kier alpha value is -1.18. The van der Waals surface area contributed by atoms with E-state index in [1.807, 2.05) is 23.9 Å². The molecule has 1 saturated heterocycles. The van der Waals surface area contributed by atoms with Crippen LogP contribution in [0.3, 0.4) is 0 Å². The molecule has 26 heavy (non-hydrogen) atoms. The summed E-state index contributed by atoms with van der Waals surface area (Å²) < 4.78 is 10.9. The summed E-state index contributed by atoms with van der Waals surface area (Å²) in [7, 11) is 0. The fraction of sp³-hybridized carbons (Fsp3) is 0.737. The molecule has 0 radical (unpaired) electrons. The van der Waals surface area contributed by atoms with Crippen LogP contribution in [-0.4, -0.2) is 74.3 Å². The van der Waals surface area contributed by atoms with Crippen molar-refractivity contribution in [1.82, 2.24) is 15.5 Å². The van der Waals surface area contributed by atoms with Gasteiger partial charge in [-0.15, -0.1) is 0 Å². The summed E-state index contributed by atoms with van der Waals surface area (Å²) in [5, 5.41) is 6.91. The summed E-state index contributed by atoms with van der Waals surface area (Å²) in [6, 6.07) is 3.93. The number of hydrogen-bond donors (Lipinski definition) is 2. The summed E-state index contributed by atoms with van der Waals surface area (Å²) in [5.74, 6) is 1.88. The summed E-state index contributed by atoms with van der Waals surface area (Å²) >= 11 is 1.84. The molecule has 0 unspecified atom stereocenters. The van der Waals surface area contributed by atoms with Gasteiger partial charge in [0.05, 0.1) is 26.0 Å². The van der Waals surface area contributed by atoms with Crippen LogP contribution < -0.4 is 10.6 Å². The molecule has 1 aromatic heterocycles. The molecule has 0 spiro atoms. The molecule has 0 amide bonds. The van der Waals surface area contributed by atoms with Crippen molar-refractivity contribution in [3.63, 3.8) is 0 Å². The Kier molecular flexibility index (Phi) is 9.36. The van der Waals surface area contributed by atoms with Crippen molar-refractivity contribution in [2.45, 2.75) is 31.4 Å². The summed E-state index contributed by atoms with van der Waals surface area (Å²) in [6.45, 7) is 11.9. The molecular formula is C19H34N4O2S. The summed E-state index contributed by atoms with van der Waals surface area (Å²) in [4.78, 5) is 7.24. The molecular weight excluding hydrogens is 348 g/mol. The molecule has 148 valence electrons. The van der Waals surface area contributed by atoms with Crippen LogP contribution in [0.1, 0.15) is 26.0 Å². The van der Waals surface area contributed by atoms with Crippen molar-refractivity contribution < 1.29 is 9.15 Å². The smallest absolute Gasteiger partial charge is 0.191 e. The SMILES string of the molecule is CSC(C)(C)CN=C(NCCCN1CCOCC1)NCCc1ccco1.